The van der Waals surface area contributed by atoms with Crippen LogP contribution in [0.2, 0.25) is 0 Å². The Labute approximate surface area is 132 Å². The molecule has 0 aliphatic heterocycles. The first-order chi connectivity index (χ1) is 11.2. The predicted octanol–water partition coefficient (Wildman–Crippen LogP) is 1.37. The quantitative estimate of drug-likeness (QED) is 0.581. The van der Waals surface area contributed by atoms with Crippen LogP contribution in [-0.2, 0) is 0 Å². The lowest BCUT2D eigenvalue weighted by molar-refractivity contribution is 0.644. The Bertz CT molecular complexity index is 620. The Morgan fingerprint density at radius 1 is 0.565 bits per heavy atom. The Balaban J connectivity index is 1.85. The number of nitrogens with one attached hydrogen (secondary N) is 3. The van der Waals surface area contributed by atoms with Crippen LogP contribution in [0.4, 0.5) is 17.8 Å². The molecule has 0 unspecified atom stereocenters. The van der Waals surface area contributed by atoms with Gasteiger partial charge in [-0.2, -0.15) is 0 Å². The van der Waals surface area contributed by atoms with E-state index in [1.165, 1.54) is 0 Å². The van der Waals surface area contributed by atoms with Crippen molar-refractivity contribution in [1.29, 1.82) is 0 Å². The molecule has 9 heteroatoms. The number of nitrogens with zero attached hydrogens (tertiary/aromatic N) is 6. The van der Waals surface area contributed by atoms with Crippen molar-refractivity contribution in [1.82, 2.24) is 29.9 Å². The van der Waals surface area contributed by atoms with Crippen LogP contribution in [0.15, 0.2) is 55.4 Å². The first-order valence-electron chi connectivity index (χ1n) is 6.89. The molecule has 3 rings (SSSR count). The van der Waals surface area contributed by atoms with Crippen molar-refractivity contribution in [3.05, 3.63) is 55.4 Å². The van der Waals surface area contributed by atoms with E-state index in [9.17, 15) is 0 Å². The van der Waals surface area contributed by atoms with E-state index in [0.29, 0.717) is 17.8 Å². The molecule has 0 amide bonds. The summed E-state index contributed by atoms with van der Waals surface area (Å²) in [6, 6.07) is 5.22. The Hall–Kier alpha value is -3.36. The highest BCUT2D eigenvalue weighted by Gasteiger charge is 2.26. The van der Waals surface area contributed by atoms with Crippen molar-refractivity contribution in [3.8, 4) is 0 Å². The van der Waals surface area contributed by atoms with Crippen molar-refractivity contribution in [2.24, 2.45) is 0 Å². The predicted molar refractivity (Wildman–Crippen MR) is 85.4 cm³/mol. The minimum Gasteiger partial charge on any atom is -0.315 e. The van der Waals surface area contributed by atoms with Gasteiger partial charge in [-0.1, -0.05) is 0 Å². The molecule has 116 valence electrons. The zero-order valence-electron chi connectivity index (χ0n) is 12.4. The summed E-state index contributed by atoms with van der Waals surface area (Å²) in [5, 5.41) is 9.44. The molecule has 3 aromatic rings. The summed E-state index contributed by atoms with van der Waals surface area (Å²) >= 11 is 0. The van der Waals surface area contributed by atoms with E-state index in [4.69, 9.17) is 0 Å². The molecule has 9 nitrogen and oxygen atoms in total. The third kappa shape index (κ3) is 4.06. The zero-order chi connectivity index (χ0) is 16.0. The van der Waals surface area contributed by atoms with Gasteiger partial charge in [-0.15, -0.1) is 0 Å². The Morgan fingerprint density at radius 2 is 0.826 bits per heavy atom. The van der Waals surface area contributed by atoms with E-state index < -0.39 is 5.79 Å². The number of rotatable bonds is 6. The first kappa shape index (κ1) is 14.6. The van der Waals surface area contributed by atoms with Gasteiger partial charge in [0.15, 0.2) is 5.79 Å². The van der Waals surface area contributed by atoms with Gasteiger partial charge >= 0.3 is 0 Å². The topological polar surface area (TPSA) is 113 Å². The van der Waals surface area contributed by atoms with Crippen LogP contribution in [0, 0.1) is 0 Å². The molecule has 3 aromatic heterocycles. The van der Waals surface area contributed by atoms with Crippen molar-refractivity contribution >= 4 is 17.8 Å². The van der Waals surface area contributed by atoms with E-state index in [0.717, 1.165) is 0 Å². The molecule has 0 fully saturated rings. The van der Waals surface area contributed by atoms with E-state index >= 15 is 0 Å². The van der Waals surface area contributed by atoms with Gasteiger partial charge in [0.25, 0.3) is 0 Å². The lowest BCUT2D eigenvalue weighted by atomic mass is 10.3. The third-order valence-corrected chi connectivity index (χ3v) is 2.78. The van der Waals surface area contributed by atoms with Gasteiger partial charge in [0.05, 0.1) is 0 Å². The summed E-state index contributed by atoms with van der Waals surface area (Å²) in [6.07, 6.45) is 9.88. The van der Waals surface area contributed by atoms with Gasteiger partial charge in [0, 0.05) is 37.2 Å². The minimum atomic E-state index is -0.913. The maximum absolute atomic E-state index is 4.16. The molecule has 0 atom stereocenters. The molecule has 3 heterocycles. The van der Waals surface area contributed by atoms with E-state index in [-0.39, 0.29) is 0 Å². The maximum Gasteiger partial charge on any atom is 0.225 e. The summed E-state index contributed by atoms with van der Waals surface area (Å²) in [6.45, 7) is 1.84. The third-order valence-electron chi connectivity index (χ3n) is 2.78. The lowest BCUT2D eigenvalue weighted by Gasteiger charge is -2.32. The van der Waals surface area contributed by atoms with Crippen molar-refractivity contribution in [2.45, 2.75) is 12.7 Å². The molecule has 0 saturated carbocycles. The first-order valence-corrected chi connectivity index (χ1v) is 6.89. The van der Waals surface area contributed by atoms with Crippen LogP contribution in [0.3, 0.4) is 0 Å². The number of hydrogen-bond acceptors (Lipinski definition) is 9. The van der Waals surface area contributed by atoms with E-state index in [1.54, 1.807) is 55.4 Å². The highest BCUT2D eigenvalue weighted by Crippen LogP contribution is 2.15. The van der Waals surface area contributed by atoms with Gasteiger partial charge in [0.2, 0.25) is 17.8 Å². The second-order valence-corrected chi connectivity index (χ2v) is 4.72. The molecule has 0 bridgehead atoms. The highest BCUT2D eigenvalue weighted by atomic mass is 15.4. The van der Waals surface area contributed by atoms with Gasteiger partial charge < -0.3 is 16.0 Å². The monoisotopic (exact) mass is 309 g/mol. The summed E-state index contributed by atoms with van der Waals surface area (Å²) in [5.74, 6) is 0.384. The van der Waals surface area contributed by atoms with Crippen LogP contribution >= 0.6 is 0 Å². The minimum absolute atomic E-state index is 0.432. The molecule has 0 spiro atoms. The average Bonchev–Trinajstić information content (AvgIpc) is 2.57. The van der Waals surface area contributed by atoms with Crippen LogP contribution in [-0.4, -0.2) is 35.7 Å². The summed E-state index contributed by atoms with van der Waals surface area (Å²) in [7, 11) is 0. The number of anilines is 3. The fraction of sp³-hybridized carbons (Fsp3) is 0.143. The van der Waals surface area contributed by atoms with Crippen LogP contribution in [0.5, 0.6) is 0 Å². The summed E-state index contributed by atoms with van der Waals surface area (Å²) in [5.41, 5.74) is 0. The Morgan fingerprint density at radius 3 is 1.09 bits per heavy atom. The van der Waals surface area contributed by atoms with Crippen LogP contribution in [0.1, 0.15) is 6.92 Å². The van der Waals surface area contributed by atoms with Gasteiger partial charge in [-0.3, -0.25) is 0 Å². The molecule has 0 aromatic carbocycles. The lowest BCUT2D eigenvalue weighted by Crippen LogP contribution is -2.51. The molecule has 0 radical (unpaired) electrons. The molecule has 0 aliphatic carbocycles. The molecular weight excluding hydrogens is 294 g/mol. The number of aromatic nitrogens is 6. The summed E-state index contributed by atoms with van der Waals surface area (Å²) in [4.78, 5) is 25.0. The largest absolute Gasteiger partial charge is 0.315 e. The molecule has 0 aliphatic rings. The molecule has 23 heavy (non-hydrogen) atoms. The van der Waals surface area contributed by atoms with E-state index in [1.807, 2.05) is 6.92 Å². The van der Waals surface area contributed by atoms with Gasteiger partial charge in [-0.25, -0.2) is 29.9 Å². The second kappa shape index (κ2) is 6.60. The molecular formula is C14H15N9. The zero-order valence-corrected chi connectivity index (χ0v) is 12.4. The SMILES string of the molecule is CC(Nc1ncccn1)(Nc1ncccn1)Nc1ncccn1. The standard InChI is InChI=1S/C14H15N9/c1-14(21-11-15-5-2-6-16-11,22-12-17-7-3-8-18-12)23-13-19-9-4-10-20-13/h2-10H,1H3,(H,15,16,21)(H,17,18,22)(H,19,20,23). The van der Waals surface area contributed by atoms with Crippen LogP contribution < -0.4 is 16.0 Å². The van der Waals surface area contributed by atoms with Crippen molar-refractivity contribution in [2.75, 3.05) is 16.0 Å². The van der Waals surface area contributed by atoms with E-state index in [2.05, 4.69) is 45.9 Å². The maximum atomic E-state index is 4.16. The smallest absolute Gasteiger partial charge is 0.225 e. The van der Waals surface area contributed by atoms with Crippen LogP contribution in [0.25, 0.3) is 0 Å². The Kier molecular flexibility index (Phi) is 4.18. The van der Waals surface area contributed by atoms with Crippen molar-refractivity contribution in [3.63, 3.8) is 0 Å². The highest BCUT2D eigenvalue weighted by molar-refractivity contribution is 5.43. The van der Waals surface area contributed by atoms with Gasteiger partial charge in [0.1, 0.15) is 0 Å². The molecule has 0 saturated heterocycles. The fourth-order valence-corrected chi connectivity index (χ4v) is 1.86. The summed E-state index contributed by atoms with van der Waals surface area (Å²) < 4.78 is 0. The normalized spacial score (nSPS) is 10.8. The fourth-order valence-electron chi connectivity index (χ4n) is 1.86. The second-order valence-electron chi connectivity index (χ2n) is 4.72. The van der Waals surface area contributed by atoms with Gasteiger partial charge in [-0.05, 0) is 25.1 Å². The molecule has 3 N–H and O–H groups in total. The average molecular weight is 309 g/mol. The number of hydrogen-bond donors (Lipinski definition) is 3. The van der Waals surface area contributed by atoms with Crippen molar-refractivity contribution < 1.29 is 0 Å².